The second kappa shape index (κ2) is 16.2. The van der Waals surface area contributed by atoms with Gasteiger partial charge in [-0.3, -0.25) is 4.79 Å². The summed E-state index contributed by atoms with van der Waals surface area (Å²) in [7, 11) is 0. The lowest BCUT2D eigenvalue weighted by Crippen LogP contribution is -2.06. The van der Waals surface area contributed by atoms with Crippen LogP contribution < -0.4 is 4.74 Å². The molecular weight excluding hydrogens is 622 g/mol. The molecule has 1 unspecified atom stereocenters. The van der Waals surface area contributed by atoms with Gasteiger partial charge in [-0.1, -0.05) is 55.0 Å². The van der Waals surface area contributed by atoms with E-state index in [0.29, 0.717) is 41.7 Å². The molecule has 0 amide bonds. The number of rotatable bonds is 14. The normalized spacial score (nSPS) is 12.3. The lowest BCUT2D eigenvalue weighted by molar-refractivity contribution is -0.143. The van der Waals surface area contributed by atoms with Gasteiger partial charge in [-0.15, -0.1) is 0 Å². The van der Waals surface area contributed by atoms with Crippen LogP contribution in [0.1, 0.15) is 54.9 Å². The van der Waals surface area contributed by atoms with Crippen LogP contribution in [0.2, 0.25) is 0 Å². The Morgan fingerprint density at radius 2 is 1.49 bits per heavy atom. The summed E-state index contributed by atoms with van der Waals surface area (Å²) in [5.41, 5.74) is 2.17. The number of hydrogen-bond donors (Lipinski definition) is 1. The minimum Gasteiger partial charge on any atom is -0.503 e. The number of phenolic OH excluding ortho intramolecular Hbond substituents is 1. The molecule has 4 rings (SSSR count). The number of esters is 1. The molecule has 10 heteroatoms. The number of carbonyl (C=O) groups excluding carboxylic acids is 1. The van der Waals surface area contributed by atoms with Gasteiger partial charge in [0.1, 0.15) is 18.2 Å². The van der Waals surface area contributed by atoms with E-state index in [1.54, 1.807) is 43.3 Å². The van der Waals surface area contributed by atoms with Crippen LogP contribution in [0.4, 0.5) is 26.3 Å². The monoisotopic (exact) mass is 656 g/mol. The van der Waals surface area contributed by atoms with Gasteiger partial charge in [0.25, 0.3) is 0 Å². The van der Waals surface area contributed by atoms with Crippen LogP contribution in [0.5, 0.6) is 11.5 Å². The Bertz CT molecular complexity index is 1640. The van der Waals surface area contributed by atoms with Gasteiger partial charge in [-0.2, -0.15) is 13.2 Å². The third-order valence-corrected chi connectivity index (χ3v) is 7.50. The molecular formula is C37H34F6O4. The predicted octanol–water partition coefficient (Wildman–Crippen LogP) is 10.1. The van der Waals surface area contributed by atoms with Crippen molar-refractivity contribution in [1.82, 2.24) is 0 Å². The molecule has 0 fully saturated rings. The number of unbranched alkanes of at least 4 members (excludes halogenated alkanes) is 1. The standard InChI is InChI=1S/C37H34F6O4/c1-2-46-35(44)6-4-3-5-24(19-26-20-32(39)36(45)33(40)21-26)7-12-29-22-31(38)17-18-34(29)47-23-25-8-10-27(11-9-25)28-13-15-30(16-14-28)37(41,42)43/h7-18,20-22,24,45H,2-6,19,23H2,1H3/b12-7+. The number of ether oxygens (including phenoxy) is 2. The summed E-state index contributed by atoms with van der Waals surface area (Å²) in [6.07, 6.45) is 1.24. The molecule has 248 valence electrons. The van der Waals surface area contributed by atoms with Crippen molar-refractivity contribution in [2.45, 2.75) is 51.8 Å². The van der Waals surface area contributed by atoms with Gasteiger partial charge in [-0.05, 0) is 96.8 Å². The average molecular weight is 657 g/mol. The molecule has 0 spiro atoms. The smallest absolute Gasteiger partial charge is 0.416 e. The van der Waals surface area contributed by atoms with Gasteiger partial charge in [0, 0.05) is 12.0 Å². The van der Waals surface area contributed by atoms with Crippen molar-refractivity contribution >= 4 is 12.0 Å². The summed E-state index contributed by atoms with van der Waals surface area (Å²) in [4.78, 5) is 11.7. The Morgan fingerprint density at radius 1 is 0.851 bits per heavy atom. The fourth-order valence-corrected chi connectivity index (χ4v) is 5.04. The summed E-state index contributed by atoms with van der Waals surface area (Å²) >= 11 is 0. The third-order valence-electron chi connectivity index (χ3n) is 7.50. The first-order valence-corrected chi connectivity index (χ1v) is 15.1. The summed E-state index contributed by atoms with van der Waals surface area (Å²) in [6.45, 7) is 2.14. The van der Waals surface area contributed by atoms with E-state index in [0.717, 1.165) is 35.4 Å². The molecule has 4 aromatic carbocycles. The van der Waals surface area contributed by atoms with Gasteiger partial charge in [0.05, 0.1) is 12.2 Å². The molecule has 0 radical (unpaired) electrons. The first-order chi connectivity index (χ1) is 22.4. The minimum absolute atomic E-state index is 0.128. The number of alkyl halides is 3. The highest BCUT2D eigenvalue weighted by Crippen LogP contribution is 2.32. The van der Waals surface area contributed by atoms with E-state index in [4.69, 9.17) is 9.47 Å². The van der Waals surface area contributed by atoms with Crippen molar-refractivity contribution < 1.29 is 45.7 Å². The van der Waals surface area contributed by atoms with Crippen molar-refractivity contribution in [2.24, 2.45) is 5.92 Å². The van der Waals surface area contributed by atoms with E-state index in [1.165, 1.54) is 30.3 Å². The molecule has 0 aromatic heterocycles. The highest BCUT2D eigenvalue weighted by Gasteiger charge is 2.30. The highest BCUT2D eigenvalue weighted by atomic mass is 19.4. The van der Waals surface area contributed by atoms with Crippen LogP contribution in [-0.2, 0) is 28.7 Å². The number of phenols is 1. The molecule has 4 aromatic rings. The minimum atomic E-state index is -4.41. The van der Waals surface area contributed by atoms with Gasteiger partial charge >= 0.3 is 12.1 Å². The maximum Gasteiger partial charge on any atom is 0.416 e. The van der Waals surface area contributed by atoms with Crippen molar-refractivity contribution in [3.63, 3.8) is 0 Å². The van der Waals surface area contributed by atoms with Gasteiger partial charge in [0.15, 0.2) is 17.4 Å². The number of aromatic hydroxyl groups is 1. The Balaban J connectivity index is 1.46. The molecule has 0 saturated carbocycles. The Kier molecular flexibility index (Phi) is 12.1. The van der Waals surface area contributed by atoms with E-state index in [9.17, 15) is 36.2 Å². The zero-order chi connectivity index (χ0) is 34.0. The third kappa shape index (κ3) is 10.4. The number of carbonyl (C=O) groups is 1. The van der Waals surface area contributed by atoms with Crippen LogP contribution in [-0.4, -0.2) is 17.7 Å². The fraction of sp³-hybridized carbons (Fsp3) is 0.270. The highest BCUT2D eigenvalue weighted by molar-refractivity contribution is 5.69. The van der Waals surface area contributed by atoms with Crippen LogP contribution in [0.15, 0.2) is 84.9 Å². The van der Waals surface area contributed by atoms with Crippen molar-refractivity contribution in [2.75, 3.05) is 6.61 Å². The SMILES string of the molecule is CCOC(=O)CCCCC(/C=C/c1cc(F)ccc1OCc1ccc(-c2ccc(C(F)(F)F)cc2)cc1)Cc1cc(F)c(O)c(F)c1. The number of benzene rings is 4. The Hall–Kier alpha value is -4.73. The summed E-state index contributed by atoms with van der Waals surface area (Å²) < 4.78 is 92.0. The second-order valence-electron chi connectivity index (χ2n) is 11.0. The maximum atomic E-state index is 14.3. The number of allylic oxidation sites excluding steroid dienone is 1. The number of halogens is 6. The summed E-state index contributed by atoms with van der Waals surface area (Å²) in [6, 6.07) is 18.2. The van der Waals surface area contributed by atoms with Crippen LogP contribution in [0.3, 0.4) is 0 Å². The largest absolute Gasteiger partial charge is 0.503 e. The van der Waals surface area contributed by atoms with E-state index in [-0.39, 0.29) is 37.9 Å². The zero-order valence-electron chi connectivity index (χ0n) is 25.6. The summed E-state index contributed by atoms with van der Waals surface area (Å²) in [5.74, 6) is -3.86. The van der Waals surface area contributed by atoms with Crippen LogP contribution >= 0.6 is 0 Å². The van der Waals surface area contributed by atoms with Gasteiger partial charge in [-0.25, -0.2) is 13.2 Å². The van der Waals surface area contributed by atoms with E-state index < -0.39 is 34.9 Å². The molecule has 1 N–H and O–H groups in total. The molecule has 0 aliphatic rings. The quantitative estimate of drug-likeness (QED) is 0.0834. The van der Waals surface area contributed by atoms with Crippen LogP contribution in [0, 0.1) is 23.4 Å². The maximum absolute atomic E-state index is 14.3. The first-order valence-electron chi connectivity index (χ1n) is 15.1. The van der Waals surface area contributed by atoms with Crippen molar-refractivity contribution in [3.8, 4) is 22.6 Å². The first kappa shape index (κ1) is 35.1. The molecule has 1 atom stereocenters. The number of hydrogen-bond acceptors (Lipinski definition) is 4. The summed E-state index contributed by atoms with van der Waals surface area (Å²) in [5, 5.41) is 9.48. The molecule has 0 aliphatic heterocycles. The topological polar surface area (TPSA) is 55.8 Å². The van der Waals surface area contributed by atoms with Crippen molar-refractivity contribution in [3.05, 3.63) is 125 Å². The van der Waals surface area contributed by atoms with E-state index in [1.807, 2.05) is 0 Å². The lowest BCUT2D eigenvalue weighted by Gasteiger charge is -2.15. The zero-order valence-corrected chi connectivity index (χ0v) is 25.6. The van der Waals surface area contributed by atoms with Gasteiger partial charge < -0.3 is 14.6 Å². The fourth-order valence-electron chi connectivity index (χ4n) is 5.04. The predicted molar refractivity (Wildman–Crippen MR) is 167 cm³/mol. The Morgan fingerprint density at radius 3 is 2.11 bits per heavy atom. The molecule has 0 heterocycles. The van der Waals surface area contributed by atoms with E-state index >= 15 is 0 Å². The van der Waals surface area contributed by atoms with Crippen molar-refractivity contribution in [1.29, 1.82) is 0 Å². The molecule has 47 heavy (non-hydrogen) atoms. The Labute approximate surface area is 269 Å². The lowest BCUT2D eigenvalue weighted by atomic mass is 9.92. The van der Waals surface area contributed by atoms with Crippen LogP contribution in [0.25, 0.3) is 17.2 Å². The molecule has 0 bridgehead atoms. The van der Waals surface area contributed by atoms with Gasteiger partial charge in [0.2, 0.25) is 0 Å². The second-order valence-corrected chi connectivity index (χ2v) is 11.0. The molecule has 0 aliphatic carbocycles. The molecule has 4 nitrogen and oxygen atoms in total. The van der Waals surface area contributed by atoms with E-state index in [2.05, 4.69) is 0 Å². The molecule has 0 saturated heterocycles. The average Bonchev–Trinajstić information content (AvgIpc) is 3.04.